The second-order valence-corrected chi connectivity index (χ2v) is 4.84. The molecule has 2 rings (SSSR count). The van der Waals surface area contributed by atoms with Gasteiger partial charge < -0.3 is 9.57 Å². The van der Waals surface area contributed by atoms with Crippen LogP contribution >= 0.6 is 0 Å². The molecule has 3 nitrogen and oxygen atoms in total. The van der Waals surface area contributed by atoms with Gasteiger partial charge in [-0.15, -0.1) is 0 Å². The summed E-state index contributed by atoms with van der Waals surface area (Å²) in [7, 11) is 1.66. The molecule has 0 aliphatic carbocycles. The summed E-state index contributed by atoms with van der Waals surface area (Å²) in [5, 5.41) is 0. The summed E-state index contributed by atoms with van der Waals surface area (Å²) in [6.45, 7) is 4.36. The van der Waals surface area contributed by atoms with Crippen LogP contribution in [0.2, 0.25) is 0 Å². The van der Waals surface area contributed by atoms with Gasteiger partial charge in [0.15, 0.2) is 0 Å². The highest BCUT2D eigenvalue weighted by Crippen LogP contribution is 2.38. The Bertz CT molecular complexity index is 392. The second kappa shape index (κ2) is 6.21. The zero-order valence-electron chi connectivity index (χ0n) is 11.5. The van der Waals surface area contributed by atoms with Gasteiger partial charge in [-0.2, -0.15) is 5.48 Å². The molecule has 1 heterocycles. The minimum Gasteiger partial charge on any atom is -0.488 e. The van der Waals surface area contributed by atoms with Crippen molar-refractivity contribution in [3.05, 3.63) is 29.3 Å². The SMILES string of the molecule is CCCCc1ccc2c(c1)C(NOC)C(CC)O2. The first-order chi connectivity index (χ1) is 8.80. The summed E-state index contributed by atoms with van der Waals surface area (Å²) in [4.78, 5) is 5.11. The molecule has 100 valence electrons. The average molecular weight is 249 g/mol. The van der Waals surface area contributed by atoms with Crippen LogP contribution in [0, 0.1) is 0 Å². The van der Waals surface area contributed by atoms with Crippen molar-refractivity contribution in [2.75, 3.05) is 7.11 Å². The van der Waals surface area contributed by atoms with Crippen molar-refractivity contribution in [2.24, 2.45) is 0 Å². The van der Waals surface area contributed by atoms with Crippen LogP contribution in [0.4, 0.5) is 0 Å². The van der Waals surface area contributed by atoms with E-state index < -0.39 is 0 Å². The molecule has 2 atom stereocenters. The van der Waals surface area contributed by atoms with E-state index in [-0.39, 0.29) is 12.1 Å². The summed E-state index contributed by atoms with van der Waals surface area (Å²) in [5.41, 5.74) is 5.68. The fraction of sp³-hybridized carbons (Fsp3) is 0.600. The van der Waals surface area contributed by atoms with E-state index in [1.807, 2.05) is 0 Å². The quantitative estimate of drug-likeness (QED) is 0.784. The van der Waals surface area contributed by atoms with Crippen LogP contribution in [-0.4, -0.2) is 13.2 Å². The number of nitrogens with one attached hydrogen (secondary N) is 1. The molecule has 0 fully saturated rings. The van der Waals surface area contributed by atoms with Crippen molar-refractivity contribution >= 4 is 0 Å². The Labute approximate surface area is 109 Å². The first kappa shape index (κ1) is 13.4. The maximum atomic E-state index is 5.94. The number of benzene rings is 1. The van der Waals surface area contributed by atoms with Crippen LogP contribution in [-0.2, 0) is 11.3 Å². The number of aryl methyl sites for hydroxylation is 1. The van der Waals surface area contributed by atoms with Gasteiger partial charge in [0.1, 0.15) is 11.9 Å². The number of ether oxygens (including phenoxy) is 1. The highest BCUT2D eigenvalue weighted by Gasteiger charge is 2.33. The molecule has 0 aromatic heterocycles. The third-order valence-electron chi connectivity index (χ3n) is 3.53. The van der Waals surface area contributed by atoms with E-state index >= 15 is 0 Å². The van der Waals surface area contributed by atoms with Gasteiger partial charge in [0, 0.05) is 5.56 Å². The molecule has 1 aromatic carbocycles. The van der Waals surface area contributed by atoms with Crippen molar-refractivity contribution in [2.45, 2.75) is 51.7 Å². The molecule has 18 heavy (non-hydrogen) atoms. The van der Waals surface area contributed by atoms with Gasteiger partial charge in [-0.25, -0.2) is 0 Å². The lowest BCUT2D eigenvalue weighted by atomic mass is 9.99. The Morgan fingerprint density at radius 3 is 2.83 bits per heavy atom. The predicted octanol–water partition coefficient (Wildman–Crippen LogP) is 3.39. The zero-order valence-corrected chi connectivity index (χ0v) is 11.5. The normalized spacial score (nSPS) is 21.7. The Balaban J connectivity index is 2.20. The van der Waals surface area contributed by atoms with Crippen LogP contribution < -0.4 is 10.2 Å². The first-order valence-corrected chi connectivity index (χ1v) is 6.88. The summed E-state index contributed by atoms with van der Waals surface area (Å²) < 4.78 is 5.94. The van der Waals surface area contributed by atoms with Gasteiger partial charge in [-0.1, -0.05) is 32.4 Å². The molecule has 0 spiro atoms. The van der Waals surface area contributed by atoms with Gasteiger partial charge in [0.2, 0.25) is 0 Å². The fourth-order valence-corrected chi connectivity index (χ4v) is 2.50. The van der Waals surface area contributed by atoms with E-state index in [2.05, 4.69) is 37.5 Å². The molecular weight excluding hydrogens is 226 g/mol. The van der Waals surface area contributed by atoms with Crippen LogP contribution in [0.5, 0.6) is 5.75 Å². The molecular formula is C15H23NO2. The fourth-order valence-electron chi connectivity index (χ4n) is 2.50. The van der Waals surface area contributed by atoms with E-state index in [4.69, 9.17) is 9.57 Å². The zero-order chi connectivity index (χ0) is 13.0. The second-order valence-electron chi connectivity index (χ2n) is 4.84. The smallest absolute Gasteiger partial charge is 0.124 e. The van der Waals surface area contributed by atoms with Gasteiger partial charge in [-0.3, -0.25) is 0 Å². The molecule has 1 aromatic rings. The lowest BCUT2D eigenvalue weighted by molar-refractivity contribution is 0.0283. The van der Waals surface area contributed by atoms with Gasteiger partial charge in [0.25, 0.3) is 0 Å². The lowest BCUT2D eigenvalue weighted by Crippen LogP contribution is -2.29. The van der Waals surface area contributed by atoms with Gasteiger partial charge in [0.05, 0.1) is 13.2 Å². The van der Waals surface area contributed by atoms with Crippen LogP contribution in [0.1, 0.15) is 50.3 Å². The van der Waals surface area contributed by atoms with Gasteiger partial charge in [-0.05, 0) is 30.9 Å². The molecule has 2 unspecified atom stereocenters. The van der Waals surface area contributed by atoms with Crippen LogP contribution in [0.3, 0.4) is 0 Å². The summed E-state index contributed by atoms with van der Waals surface area (Å²) in [5.74, 6) is 0.997. The molecule has 3 heteroatoms. The predicted molar refractivity (Wildman–Crippen MR) is 72.6 cm³/mol. The van der Waals surface area contributed by atoms with E-state index in [1.54, 1.807) is 7.11 Å². The molecule has 0 radical (unpaired) electrons. The van der Waals surface area contributed by atoms with E-state index in [0.717, 1.165) is 18.6 Å². The third-order valence-corrected chi connectivity index (χ3v) is 3.53. The molecule has 1 aliphatic heterocycles. The molecule has 1 aliphatic rings. The molecule has 0 saturated heterocycles. The number of hydroxylamine groups is 1. The summed E-state index contributed by atoms with van der Waals surface area (Å²) in [6.07, 6.45) is 4.74. The first-order valence-electron chi connectivity index (χ1n) is 6.88. The Kier molecular flexibility index (Phi) is 4.61. The van der Waals surface area contributed by atoms with Crippen LogP contribution in [0.25, 0.3) is 0 Å². The van der Waals surface area contributed by atoms with E-state index in [9.17, 15) is 0 Å². The highest BCUT2D eigenvalue weighted by atomic mass is 16.6. The maximum Gasteiger partial charge on any atom is 0.124 e. The summed E-state index contributed by atoms with van der Waals surface area (Å²) >= 11 is 0. The highest BCUT2D eigenvalue weighted by molar-refractivity contribution is 5.43. The maximum absolute atomic E-state index is 5.94. The Hall–Kier alpha value is -1.06. The average Bonchev–Trinajstić information content (AvgIpc) is 2.74. The Morgan fingerprint density at radius 1 is 1.33 bits per heavy atom. The summed E-state index contributed by atoms with van der Waals surface area (Å²) in [6, 6.07) is 6.69. The monoisotopic (exact) mass is 249 g/mol. The Morgan fingerprint density at radius 2 is 2.17 bits per heavy atom. The number of hydrogen-bond donors (Lipinski definition) is 1. The largest absolute Gasteiger partial charge is 0.488 e. The van der Waals surface area contributed by atoms with Crippen molar-refractivity contribution in [3.8, 4) is 5.75 Å². The van der Waals surface area contributed by atoms with Crippen LogP contribution in [0.15, 0.2) is 18.2 Å². The van der Waals surface area contributed by atoms with Crippen molar-refractivity contribution in [1.82, 2.24) is 5.48 Å². The minimum absolute atomic E-state index is 0.150. The van der Waals surface area contributed by atoms with Crippen molar-refractivity contribution in [1.29, 1.82) is 0 Å². The van der Waals surface area contributed by atoms with Crippen molar-refractivity contribution in [3.63, 3.8) is 0 Å². The topological polar surface area (TPSA) is 30.5 Å². The van der Waals surface area contributed by atoms with E-state index in [0.29, 0.717) is 0 Å². The minimum atomic E-state index is 0.150. The van der Waals surface area contributed by atoms with E-state index in [1.165, 1.54) is 24.0 Å². The third kappa shape index (κ3) is 2.68. The number of fused-ring (bicyclic) bond motifs is 1. The standard InChI is InChI=1S/C15H23NO2/c1-4-6-7-11-8-9-14-12(10-11)15(16-17-3)13(5-2)18-14/h8-10,13,15-16H,4-7H2,1-3H3. The molecule has 0 amide bonds. The molecule has 1 N–H and O–H groups in total. The molecule has 0 bridgehead atoms. The lowest BCUT2D eigenvalue weighted by Gasteiger charge is -2.17. The van der Waals surface area contributed by atoms with Crippen molar-refractivity contribution < 1.29 is 9.57 Å². The number of hydrogen-bond acceptors (Lipinski definition) is 3. The molecule has 0 saturated carbocycles. The van der Waals surface area contributed by atoms with Gasteiger partial charge >= 0.3 is 0 Å². The number of unbranched alkanes of at least 4 members (excludes halogenated alkanes) is 1. The number of rotatable bonds is 6.